The number of hydrogen-bond donors (Lipinski definition) is 1. The molecule has 0 saturated carbocycles. The Balaban J connectivity index is 1.64. The number of rotatable bonds is 7. The third kappa shape index (κ3) is 3.78. The van der Waals surface area contributed by atoms with E-state index in [4.69, 9.17) is 0 Å². The number of H-pyrrole nitrogens is 1. The summed E-state index contributed by atoms with van der Waals surface area (Å²) in [5.41, 5.74) is 1.90. The Bertz CT molecular complexity index is 1010. The largest absolute Gasteiger partial charge is 0.328 e. The fraction of sp³-hybridized carbons (Fsp3) is 0.273. The van der Waals surface area contributed by atoms with Gasteiger partial charge in [0.1, 0.15) is 18.3 Å². The van der Waals surface area contributed by atoms with Gasteiger partial charge in [-0.05, 0) is 23.9 Å². The lowest BCUT2D eigenvalue weighted by Crippen LogP contribution is -2.36. The van der Waals surface area contributed by atoms with Crippen molar-refractivity contribution in [3.63, 3.8) is 0 Å². The van der Waals surface area contributed by atoms with E-state index < -0.39 is 23.7 Å². The molecule has 7 heteroatoms. The van der Waals surface area contributed by atoms with Crippen molar-refractivity contribution in [3.8, 4) is 0 Å². The number of aromatic nitrogens is 2. The molecule has 1 aliphatic rings. The molecule has 29 heavy (non-hydrogen) atoms. The highest BCUT2D eigenvalue weighted by Gasteiger charge is 2.51. The molecule has 0 bridgehead atoms. The number of amides is 1. The normalized spacial score (nSPS) is 19.1. The number of hydrogen-bond acceptors (Lipinski definition) is 4. The zero-order valence-electron chi connectivity index (χ0n) is 16.1. The fourth-order valence-corrected chi connectivity index (χ4v) is 4.52. The van der Waals surface area contributed by atoms with Gasteiger partial charge in [-0.25, -0.2) is 4.57 Å². The van der Waals surface area contributed by atoms with Gasteiger partial charge in [0.15, 0.2) is 5.78 Å². The highest BCUT2D eigenvalue weighted by atomic mass is 32.1. The first kappa shape index (κ1) is 19.3. The second-order valence-electron chi connectivity index (χ2n) is 7.24. The molecule has 1 amide bonds. The van der Waals surface area contributed by atoms with E-state index in [1.54, 1.807) is 22.4 Å². The van der Waals surface area contributed by atoms with Crippen molar-refractivity contribution in [2.45, 2.75) is 25.9 Å². The van der Waals surface area contributed by atoms with Crippen LogP contribution in [0.4, 0.5) is 0 Å². The number of aromatic amines is 1. The van der Waals surface area contributed by atoms with Gasteiger partial charge in [-0.1, -0.05) is 35.9 Å². The molecule has 2 atom stereocenters. The zero-order chi connectivity index (χ0) is 20.4. The maximum Gasteiger partial charge on any atom is 0.291 e. The summed E-state index contributed by atoms with van der Waals surface area (Å²) in [6.45, 7) is 3.11. The number of likely N-dealkylation sites (tertiary alicyclic amines) is 1. The molecule has 1 aliphatic heterocycles. The topological polar surface area (TPSA) is 74.1 Å². The van der Waals surface area contributed by atoms with Crippen molar-refractivity contribution in [1.82, 2.24) is 9.88 Å². The molecule has 1 fully saturated rings. The molecule has 3 aromatic rings. The van der Waals surface area contributed by atoms with E-state index in [9.17, 15) is 14.4 Å². The maximum atomic E-state index is 13.1. The molecule has 0 radical (unpaired) electrons. The summed E-state index contributed by atoms with van der Waals surface area (Å²) in [5, 5.41) is 1.81. The monoisotopic (exact) mass is 408 g/mol. The summed E-state index contributed by atoms with van der Waals surface area (Å²) >= 11 is 1.30. The van der Waals surface area contributed by atoms with Crippen LogP contribution in [0, 0.1) is 12.8 Å². The van der Waals surface area contributed by atoms with E-state index in [1.807, 2.05) is 54.5 Å². The predicted molar refractivity (Wildman–Crippen MR) is 108 cm³/mol. The Labute approximate surface area is 172 Å². The van der Waals surface area contributed by atoms with Crippen molar-refractivity contribution >= 4 is 28.8 Å². The first-order chi connectivity index (χ1) is 14.1. The first-order valence-electron chi connectivity index (χ1n) is 9.57. The van der Waals surface area contributed by atoms with Crippen molar-refractivity contribution < 1.29 is 19.0 Å². The van der Waals surface area contributed by atoms with Crippen molar-refractivity contribution in [3.05, 3.63) is 76.5 Å². The minimum Gasteiger partial charge on any atom is -0.328 e. The van der Waals surface area contributed by atoms with Crippen LogP contribution in [-0.4, -0.2) is 33.9 Å². The second-order valence-corrected chi connectivity index (χ2v) is 8.19. The van der Waals surface area contributed by atoms with Gasteiger partial charge in [0, 0.05) is 13.0 Å². The van der Waals surface area contributed by atoms with Crippen molar-refractivity contribution in [1.29, 1.82) is 0 Å². The standard InChI is InChI=1S/C22H21N3O3S/c1-15-5-7-16(8-6-15)19-18(20(26)17-4-2-13-29-17)21(27)22(28)25(19)11-3-10-24-12-9-23-14-24/h2,4-9,12-14,18-19H,3,10-11H2,1H3/p+1. The average Bonchev–Trinajstić information content (AvgIpc) is 3.47. The quantitative estimate of drug-likeness (QED) is 0.283. The summed E-state index contributed by atoms with van der Waals surface area (Å²) in [5.74, 6) is -2.44. The number of carbonyl (C=O) groups is 3. The van der Waals surface area contributed by atoms with Crippen LogP contribution in [-0.2, 0) is 16.1 Å². The molecule has 1 saturated heterocycles. The predicted octanol–water partition coefficient (Wildman–Crippen LogP) is 2.71. The van der Waals surface area contributed by atoms with E-state index in [1.165, 1.54) is 11.3 Å². The summed E-state index contributed by atoms with van der Waals surface area (Å²) in [4.78, 5) is 43.9. The minimum atomic E-state index is -0.997. The number of aryl methyl sites for hydroxylation is 2. The number of benzene rings is 1. The summed E-state index contributed by atoms with van der Waals surface area (Å²) in [6, 6.07) is 10.6. The van der Waals surface area contributed by atoms with Crippen LogP contribution < -0.4 is 4.57 Å². The number of nitrogens with one attached hydrogen (secondary N) is 1. The number of nitrogens with zero attached hydrogens (tertiary/aromatic N) is 2. The average molecular weight is 409 g/mol. The Morgan fingerprint density at radius 2 is 2.00 bits per heavy atom. The van der Waals surface area contributed by atoms with E-state index in [0.717, 1.165) is 11.1 Å². The Morgan fingerprint density at radius 3 is 2.66 bits per heavy atom. The molecule has 2 unspecified atom stereocenters. The van der Waals surface area contributed by atoms with Gasteiger partial charge in [0.2, 0.25) is 12.1 Å². The van der Waals surface area contributed by atoms with Gasteiger partial charge in [0.25, 0.3) is 5.91 Å². The minimum absolute atomic E-state index is 0.272. The molecule has 0 aliphatic carbocycles. The van der Waals surface area contributed by atoms with Gasteiger partial charge < -0.3 is 4.90 Å². The number of thiophene rings is 1. The van der Waals surface area contributed by atoms with Gasteiger partial charge in [0.05, 0.1) is 17.5 Å². The van der Waals surface area contributed by atoms with E-state index in [-0.39, 0.29) is 5.78 Å². The van der Waals surface area contributed by atoms with Crippen LogP contribution in [0.3, 0.4) is 0 Å². The van der Waals surface area contributed by atoms with Gasteiger partial charge >= 0.3 is 0 Å². The molecule has 1 N–H and O–H groups in total. The summed E-state index contributed by atoms with van der Waals surface area (Å²) in [7, 11) is 0. The lowest BCUT2D eigenvalue weighted by atomic mass is 9.88. The van der Waals surface area contributed by atoms with Gasteiger partial charge in [-0.3, -0.25) is 19.4 Å². The lowest BCUT2D eigenvalue weighted by Gasteiger charge is -2.27. The number of ketones is 2. The summed E-state index contributed by atoms with van der Waals surface area (Å²) < 4.78 is 1.98. The van der Waals surface area contributed by atoms with Crippen LogP contribution in [0.5, 0.6) is 0 Å². The molecule has 4 rings (SSSR count). The molecule has 148 valence electrons. The zero-order valence-corrected chi connectivity index (χ0v) is 16.9. The van der Waals surface area contributed by atoms with Crippen LogP contribution in [0.1, 0.15) is 33.3 Å². The molecule has 0 spiro atoms. The second kappa shape index (κ2) is 8.13. The van der Waals surface area contributed by atoms with Gasteiger partial charge in [-0.15, -0.1) is 11.3 Å². The molecule has 2 aromatic heterocycles. The highest BCUT2D eigenvalue weighted by Crippen LogP contribution is 2.38. The van der Waals surface area contributed by atoms with Crippen molar-refractivity contribution in [2.24, 2.45) is 5.92 Å². The summed E-state index contributed by atoms with van der Waals surface area (Å²) in [6.07, 6.45) is 6.27. The number of Topliss-reactive ketones (excluding diaryl/α,β-unsaturated/α-hetero) is 2. The maximum absolute atomic E-state index is 13.1. The number of carbonyl (C=O) groups excluding carboxylic acids is 3. The molecular weight excluding hydrogens is 386 g/mol. The fourth-order valence-electron chi connectivity index (χ4n) is 3.82. The number of imidazole rings is 1. The van der Waals surface area contributed by atoms with Crippen LogP contribution in [0.2, 0.25) is 0 Å². The molecule has 6 nitrogen and oxygen atoms in total. The van der Waals surface area contributed by atoms with Crippen LogP contribution >= 0.6 is 11.3 Å². The van der Waals surface area contributed by atoms with E-state index in [0.29, 0.717) is 24.4 Å². The van der Waals surface area contributed by atoms with Crippen LogP contribution in [0.25, 0.3) is 0 Å². The Morgan fingerprint density at radius 1 is 1.21 bits per heavy atom. The molecular formula is C22H22N3O3S+. The van der Waals surface area contributed by atoms with E-state index >= 15 is 0 Å². The Hall–Kier alpha value is -3.06. The van der Waals surface area contributed by atoms with Crippen molar-refractivity contribution in [2.75, 3.05) is 6.54 Å². The van der Waals surface area contributed by atoms with Gasteiger partial charge in [-0.2, -0.15) is 0 Å². The molecule has 1 aromatic carbocycles. The Kier molecular flexibility index (Phi) is 5.40. The third-order valence-corrected chi connectivity index (χ3v) is 6.17. The lowest BCUT2D eigenvalue weighted by molar-refractivity contribution is -0.695. The first-order valence-corrected chi connectivity index (χ1v) is 10.4. The SMILES string of the molecule is Cc1ccc(C2C(C(=O)c3cccs3)C(=O)C(=O)N2CCC[n+]2cc[nH]c2)cc1. The van der Waals surface area contributed by atoms with E-state index in [2.05, 4.69) is 4.98 Å². The smallest absolute Gasteiger partial charge is 0.291 e. The van der Waals surface area contributed by atoms with Crippen LogP contribution in [0.15, 0.2) is 60.5 Å². The highest BCUT2D eigenvalue weighted by molar-refractivity contribution is 7.12. The third-order valence-electron chi connectivity index (χ3n) is 5.29. The molecule has 3 heterocycles.